The van der Waals surface area contributed by atoms with Crippen molar-refractivity contribution in [2.75, 3.05) is 38.3 Å². The van der Waals surface area contributed by atoms with Crippen molar-refractivity contribution < 1.29 is 14.2 Å². The molecule has 6 nitrogen and oxygen atoms in total. The van der Waals surface area contributed by atoms with E-state index >= 15 is 0 Å². The molecule has 4 rings (SSSR count). The summed E-state index contributed by atoms with van der Waals surface area (Å²) < 4.78 is 16.7. The van der Waals surface area contributed by atoms with Crippen LogP contribution in [0, 0.1) is 0 Å². The zero-order valence-corrected chi connectivity index (χ0v) is 17.7. The van der Waals surface area contributed by atoms with E-state index < -0.39 is 0 Å². The molecule has 0 N–H and O–H groups in total. The van der Waals surface area contributed by atoms with Gasteiger partial charge in [0.1, 0.15) is 23.6 Å². The summed E-state index contributed by atoms with van der Waals surface area (Å²) in [6.07, 6.45) is 1.54. The fraction of sp³-hybridized carbons (Fsp3) is 0.333. The third-order valence-electron chi connectivity index (χ3n) is 5.57. The van der Waals surface area contributed by atoms with E-state index in [1.807, 2.05) is 30.3 Å². The van der Waals surface area contributed by atoms with Gasteiger partial charge in [0.2, 0.25) is 5.88 Å². The van der Waals surface area contributed by atoms with Gasteiger partial charge in [-0.05, 0) is 35.4 Å². The summed E-state index contributed by atoms with van der Waals surface area (Å²) in [5, 5.41) is 0. The van der Waals surface area contributed by atoms with Crippen LogP contribution in [0.2, 0.25) is 0 Å². The molecule has 0 aliphatic carbocycles. The lowest BCUT2D eigenvalue weighted by molar-refractivity contribution is 0.122. The highest BCUT2D eigenvalue weighted by molar-refractivity contribution is 5.44. The molecule has 3 aromatic rings. The molecule has 2 aromatic carbocycles. The molecule has 0 atom stereocenters. The number of nitrogens with zero attached hydrogens (tertiary/aromatic N) is 3. The number of rotatable bonds is 6. The Hall–Kier alpha value is -3.12. The molecule has 1 aliphatic rings. The first-order valence-electron chi connectivity index (χ1n) is 10.1. The van der Waals surface area contributed by atoms with Gasteiger partial charge in [-0.2, -0.15) is 0 Å². The van der Waals surface area contributed by atoms with Gasteiger partial charge in [-0.1, -0.05) is 38.1 Å². The fourth-order valence-electron chi connectivity index (χ4n) is 3.59. The van der Waals surface area contributed by atoms with Gasteiger partial charge >= 0.3 is 0 Å². The molecule has 0 spiro atoms. The molecule has 0 amide bonds. The average Bonchev–Trinajstić information content (AvgIpc) is 2.80. The summed E-state index contributed by atoms with van der Waals surface area (Å²) in [5.41, 5.74) is 2.29. The highest BCUT2D eigenvalue weighted by Gasteiger charge is 2.23. The van der Waals surface area contributed by atoms with Gasteiger partial charge in [-0.25, -0.2) is 9.97 Å². The first-order valence-corrected chi connectivity index (χ1v) is 10.1. The molecule has 2 heterocycles. The zero-order chi connectivity index (χ0) is 21.0. The number of methoxy groups -OCH3 is 1. The first-order chi connectivity index (χ1) is 14.6. The summed E-state index contributed by atoms with van der Waals surface area (Å²) in [6, 6.07) is 18.3. The van der Waals surface area contributed by atoms with E-state index in [2.05, 4.69) is 53.0 Å². The van der Waals surface area contributed by atoms with Crippen LogP contribution in [0.1, 0.15) is 25.0 Å². The van der Waals surface area contributed by atoms with Crippen LogP contribution in [-0.2, 0) is 10.2 Å². The van der Waals surface area contributed by atoms with Crippen molar-refractivity contribution in [3.8, 4) is 17.4 Å². The Morgan fingerprint density at radius 2 is 1.47 bits per heavy atom. The summed E-state index contributed by atoms with van der Waals surface area (Å²) in [7, 11) is 1.68. The lowest BCUT2D eigenvalue weighted by atomic mass is 9.78. The van der Waals surface area contributed by atoms with E-state index in [-0.39, 0.29) is 5.41 Å². The number of morpholine rings is 1. The van der Waals surface area contributed by atoms with Gasteiger partial charge in [0.15, 0.2) is 0 Å². The topological polar surface area (TPSA) is 56.7 Å². The van der Waals surface area contributed by atoms with Crippen LogP contribution < -0.4 is 14.4 Å². The van der Waals surface area contributed by atoms with Crippen LogP contribution in [-0.4, -0.2) is 43.4 Å². The van der Waals surface area contributed by atoms with Crippen LogP contribution >= 0.6 is 0 Å². The van der Waals surface area contributed by atoms with E-state index in [1.165, 1.54) is 11.1 Å². The third-order valence-corrected chi connectivity index (χ3v) is 5.57. The SMILES string of the molecule is COc1ccc(C(C)(C)c2ccc(Oc3cc(N4CCOCC4)ncn3)cc2)cc1. The molecule has 30 heavy (non-hydrogen) atoms. The number of ether oxygens (including phenoxy) is 3. The lowest BCUT2D eigenvalue weighted by Crippen LogP contribution is -2.36. The van der Waals surface area contributed by atoms with Crippen molar-refractivity contribution >= 4 is 5.82 Å². The highest BCUT2D eigenvalue weighted by atomic mass is 16.5. The Morgan fingerprint density at radius 3 is 2.07 bits per heavy atom. The maximum Gasteiger partial charge on any atom is 0.224 e. The van der Waals surface area contributed by atoms with Crippen molar-refractivity contribution in [2.24, 2.45) is 0 Å². The normalized spacial score (nSPS) is 14.4. The number of aromatic nitrogens is 2. The molecule has 0 radical (unpaired) electrons. The van der Waals surface area contributed by atoms with Crippen molar-refractivity contribution in [3.05, 3.63) is 72.1 Å². The molecule has 0 unspecified atom stereocenters. The quantitative estimate of drug-likeness (QED) is 0.604. The number of anilines is 1. The summed E-state index contributed by atoms with van der Waals surface area (Å²) in [6.45, 7) is 7.50. The molecular formula is C24H27N3O3. The Balaban J connectivity index is 1.48. The first kappa shape index (κ1) is 20.2. The molecule has 156 valence electrons. The lowest BCUT2D eigenvalue weighted by Gasteiger charge is -2.27. The predicted molar refractivity (Wildman–Crippen MR) is 117 cm³/mol. The summed E-state index contributed by atoms with van der Waals surface area (Å²) >= 11 is 0. The van der Waals surface area contributed by atoms with Gasteiger partial charge in [0.05, 0.1) is 20.3 Å². The second-order valence-corrected chi connectivity index (χ2v) is 7.79. The molecular weight excluding hydrogens is 378 g/mol. The molecule has 1 aliphatic heterocycles. The van der Waals surface area contributed by atoms with Gasteiger partial charge < -0.3 is 19.1 Å². The average molecular weight is 405 g/mol. The molecule has 0 bridgehead atoms. The minimum Gasteiger partial charge on any atom is -0.497 e. The zero-order valence-electron chi connectivity index (χ0n) is 17.7. The second kappa shape index (κ2) is 8.71. The van der Waals surface area contributed by atoms with E-state index in [1.54, 1.807) is 13.4 Å². The third kappa shape index (κ3) is 4.39. The van der Waals surface area contributed by atoms with Gasteiger partial charge in [0, 0.05) is 24.6 Å². The Bertz CT molecular complexity index is 966. The fourth-order valence-corrected chi connectivity index (χ4v) is 3.59. The number of hydrogen-bond acceptors (Lipinski definition) is 6. The van der Waals surface area contributed by atoms with Crippen LogP contribution in [0.5, 0.6) is 17.4 Å². The molecule has 1 saturated heterocycles. The van der Waals surface area contributed by atoms with Crippen molar-refractivity contribution in [2.45, 2.75) is 19.3 Å². The van der Waals surface area contributed by atoms with Gasteiger partial charge in [0.25, 0.3) is 0 Å². The van der Waals surface area contributed by atoms with E-state index in [0.717, 1.165) is 30.4 Å². The van der Waals surface area contributed by atoms with Gasteiger partial charge in [-0.3, -0.25) is 0 Å². The largest absolute Gasteiger partial charge is 0.497 e. The predicted octanol–water partition coefficient (Wildman–Crippen LogP) is 4.44. The maximum absolute atomic E-state index is 5.99. The Kier molecular flexibility index (Phi) is 5.86. The van der Waals surface area contributed by atoms with E-state index in [9.17, 15) is 0 Å². The molecule has 0 saturated carbocycles. The van der Waals surface area contributed by atoms with Crippen LogP contribution in [0.4, 0.5) is 5.82 Å². The standard InChI is InChI=1S/C24H27N3O3/c1-24(2,18-4-8-20(28-3)9-5-18)19-6-10-21(11-7-19)30-23-16-22(25-17-26-23)27-12-14-29-15-13-27/h4-11,16-17H,12-15H2,1-3H3. The molecule has 6 heteroatoms. The number of benzene rings is 2. The van der Waals surface area contributed by atoms with E-state index in [0.29, 0.717) is 19.1 Å². The van der Waals surface area contributed by atoms with Crippen molar-refractivity contribution in [1.82, 2.24) is 9.97 Å². The highest BCUT2D eigenvalue weighted by Crippen LogP contribution is 2.34. The minimum atomic E-state index is -0.136. The van der Waals surface area contributed by atoms with Crippen LogP contribution in [0.25, 0.3) is 0 Å². The smallest absolute Gasteiger partial charge is 0.224 e. The minimum absolute atomic E-state index is 0.136. The van der Waals surface area contributed by atoms with E-state index in [4.69, 9.17) is 14.2 Å². The Morgan fingerprint density at radius 1 is 0.867 bits per heavy atom. The van der Waals surface area contributed by atoms with Crippen molar-refractivity contribution in [1.29, 1.82) is 0 Å². The van der Waals surface area contributed by atoms with Crippen LogP contribution in [0.15, 0.2) is 60.9 Å². The molecule has 1 aromatic heterocycles. The van der Waals surface area contributed by atoms with Crippen LogP contribution in [0.3, 0.4) is 0 Å². The van der Waals surface area contributed by atoms with Gasteiger partial charge in [-0.15, -0.1) is 0 Å². The molecule has 1 fully saturated rings. The summed E-state index contributed by atoms with van der Waals surface area (Å²) in [5.74, 6) is 3.00. The summed E-state index contributed by atoms with van der Waals surface area (Å²) in [4.78, 5) is 10.8. The second-order valence-electron chi connectivity index (χ2n) is 7.79. The monoisotopic (exact) mass is 405 g/mol. The Labute approximate surface area is 177 Å². The number of hydrogen-bond donors (Lipinski definition) is 0. The maximum atomic E-state index is 5.99. The van der Waals surface area contributed by atoms with Crippen molar-refractivity contribution in [3.63, 3.8) is 0 Å².